The number of rotatable bonds is 4. The summed E-state index contributed by atoms with van der Waals surface area (Å²) in [5.41, 5.74) is -0.185. The number of ether oxygens (including phenoxy) is 2. The topological polar surface area (TPSA) is 78.7 Å². The zero-order valence-electron chi connectivity index (χ0n) is 10.3. The zero-order chi connectivity index (χ0) is 15.3. The Balaban J connectivity index is 2.85. The van der Waals surface area contributed by atoms with Gasteiger partial charge in [-0.05, 0) is 12.5 Å². The van der Waals surface area contributed by atoms with Crippen LogP contribution in [0, 0.1) is 10.1 Å². The van der Waals surface area contributed by atoms with Crippen LogP contribution in [0.1, 0.15) is 12.5 Å². The molecule has 0 heterocycles. The maximum absolute atomic E-state index is 11.8. The van der Waals surface area contributed by atoms with Crippen LogP contribution >= 0.6 is 0 Å². The van der Waals surface area contributed by atoms with Crippen molar-refractivity contribution >= 4 is 11.8 Å². The third kappa shape index (κ3) is 4.41. The van der Waals surface area contributed by atoms with E-state index in [-0.39, 0.29) is 23.4 Å². The largest absolute Gasteiger partial charge is 0.514 e. The van der Waals surface area contributed by atoms with Crippen LogP contribution in [0.15, 0.2) is 18.2 Å². The molecule has 110 valence electrons. The molecule has 6 nitrogen and oxygen atoms in total. The van der Waals surface area contributed by atoms with Gasteiger partial charge in [0.05, 0.1) is 10.5 Å². The quantitative estimate of drug-likeness (QED) is 0.368. The van der Waals surface area contributed by atoms with Crippen LogP contribution in [-0.4, -0.2) is 23.9 Å². The predicted octanol–water partition coefficient (Wildman–Crippen LogP) is 3.23. The van der Waals surface area contributed by atoms with Gasteiger partial charge < -0.3 is 9.47 Å². The van der Waals surface area contributed by atoms with Crippen molar-refractivity contribution in [2.24, 2.45) is 0 Å². The van der Waals surface area contributed by atoms with Gasteiger partial charge in [0.25, 0.3) is 5.69 Å². The van der Waals surface area contributed by atoms with Gasteiger partial charge in [-0.2, -0.15) is 13.2 Å². The molecular weight excluding hydrogens is 283 g/mol. The van der Waals surface area contributed by atoms with Gasteiger partial charge in [-0.15, -0.1) is 0 Å². The van der Waals surface area contributed by atoms with Gasteiger partial charge in [-0.25, -0.2) is 4.79 Å². The molecule has 0 spiro atoms. The molecule has 0 fully saturated rings. The van der Waals surface area contributed by atoms with Gasteiger partial charge in [0.1, 0.15) is 5.75 Å². The summed E-state index contributed by atoms with van der Waals surface area (Å²) in [6, 6.07) is 3.69. The van der Waals surface area contributed by atoms with Crippen molar-refractivity contribution in [3.63, 3.8) is 0 Å². The highest BCUT2D eigenvalue weighted by molar-refractivity contribution is 5.66. The number of nitro groups is 1. The normalized spacial score (nSPS) is 11.0. The van der Waals surface area contributed by atoms with Crippen molar-refractivity contribution in [2.45, 2.75) is 19.5 Å². The molecule has 0 bridgehead atoms. The molecule has 0 saturated carbocycles. The number of halogens is 3. The van der Waals surface area contributed by atoms with Crippen LogP contribution in [0.25, 0.3) is 0 Å². The molecule has 0 aliphatic rings. The first kappa shape index (κ1) is 15.7. The number of carbonyl (C=O) groups is 1. The van der Waals surface area contributed by atoms with E-state index < -0.39 is 23.9 Å². The Morgan fingerprint density at radius 2 is 2.05 bits per heavy atom. The molecule has 20 heavy (non-hydrogen) atoms. The molecule has 0 radical (unpaired) electrons. The lowest BCUT2D eigenvalue weighted by Gasteiger charge is -2.10. The Morgan fingerprint density at radius 3 is 2.55 bits per heavy atom. The summed E-state index contributed by atoms with van der Waals surface area (Å²) in [6.07, 6.45) is -6.08. The van der Waals surface area contributed by atoms with Crippen LogP contribution in [0.5, 0.6) is 5.75 Å². The fourth-order valence-electron chi connectivity index (χ4n) is 1.44. The molecule has 0 saturated heterocycles. The van der Waals surface area contributed by atoms with E-state index in [9.17, 15) is 28.1 Å². The number of hydrogen-bond acceptors (Lipinski definition) is 5. The fourth-order valence-corrected chi connectivity index (χ4v) is 1.44. The van der Waals surface area contributed by atoms with Crippen molar-refractivity contribution < 1.29 is 32.4 Å². The summed E-state index contributed by atoms with van der Waals surface area (Å²) < 4.78 is 44.0. The van der Waals surface area contributed by atoms with Crippen LogP contribution in [0.2, 0.25) is 0 Å². The maximum Gasteiger partial charge on any atom is 0.514 e. The third-order valence-corrected chi connectivity index (χ3v) is 2.21. The highest BCUT2D eigenvalue weighted by atomic mass is 19.4. The van der Waals surface area contributed by atoms with Crippen LogP contribution in [-0.2, 0) is 11.2 Å². The van der Waals surface area contributed by atoms with E-state index in [1.807, 2.05) is 0 Å². The van der Waals surface area contributed by atoms with E-state index in [4.69, 9.17) is 0 Å². The minimum Gasteiger partial charge on any atom is -0.424 e. The summed E-state index contributed by atoms with van der Waals surface area (Å²) >= 11 is 0. The number of hydrogen-bond donors (Lipinski definition) is 0. The first-order valence-corrected chi connectivity index (χ1v) is 5.42. The number of carbonyl (C=O) groups excluding carboxylic acids is 1. The molecule has 0 aromatic heterocycles. The number of benzene rings is 1. The lowest BCUT2D eigenvalue weighted by Crippen LogP contribution is -2.22. The molecule has 0 unspecified atom stereocenters. The van der Waals surface area contributed by atoms with E-state index in [2.05, 4.69) is 9.47 Å². The molecule has 0 aliphatic heterocycles. The van der Waals surface area contributed by atoms with Crippen molar-refractivity contribution in [3.8, 4) is 5.75 Å². The van der Waals surface area contributed by atoms with Crippen LogP contribution in [0.4, 0.5) is 23.7 Å². The average molecular weight is 293 g/mol. The van der Waals surface area contributed by atoms with E-state index in [0.29, 0.717) is 0 Å². The van der Waals surface area contributed by atoms with Crippen LogP contribution < -0.4 is 4.74 Å². The smallest absolute Gasteiger partial charge is 0.424 e. The summed E-state index contributed by atoms with van der Waals surface area (Å²) in [4.78, 5) is 21.2. The van der Waals surface area contributed by atoms with E-state index >= 15 is 0 Å². The molecule has 1 aromatic rings. The summed E-state index contributed by atoms with van der Waals surface area (Å²) in [5, 5.41) is 10.8. The van der Waals surface area contributed by atoms with E-state index in [1.54, 1.807) is 6.92 Å². The lowest BCUT2D eigenvalue weighted by molar-refractivity contribution is -0.385. The summed E-state index contributed by atoms with van der Waals surface area (Å²) in [5.74, 6) is -0.200. The van der Waals surface area contributed by atoms with E-state index in [0.717, 1.165) is 0 Å². The van der Waals surface area contributed by atoms with Gasteiger partial charge in [0.15, 0.2) is 6.61 Å². The predicted molar refractivity (Wildman–Crippen MR) is 60.5 cm³/mol. The highest BCUT2D eigenvalue weighted by Crippen LogP contribution is 2.29. The van der Waals surface area contributed by atoms with Crippen LogP contribution in [0.3, 0.4) is 0 Å². The molecule has 0 aliphatic carbocycles. The van der Waals surface area contributed by atoms with Crippen molar-refractivity contribution in [2.75, 3.05) is 6.61 Å². The molecule has 0 N–H and O–H groups in total. The Labute approximate surface area is 111 Å². The third-order valence-electron chi connectivity index (χ3n) is 2.21. The maximum atomic E-state index is 11.8. The standard InChI is InChI=1S/C11H10F3NO5/c1-2-7-8(15(17)18)4-3-5-9(7)20-10(16)19-6-11(12,13)14/h3-5H,2,6H2,1H3. The van der Waals surface area contributed by atoms with Crippen molar-refractivity contribution in [1.82, 2.24) is 0 Å². The minimum absolute atomic E-state index is 0.0986. The molecule has 1 aromatic carbocycles. The van der Waals surface area contributed by atoms with Crippen molar-refractivity contribution in [1.29, 1.82) is 0 Å². The fraction of sp³-hybridized carbons (Fsp3) is 0.364. The second-order valence-corrected chi connectivity index (χ2v) is 3.62. The Morgan fingerprint density at radius 1 is 1.40 bits per heavy atom. The number of nitro benzene ring substituents is 1. The number of alkyl halides is 3. The minimum atomic E-state index is -4.67. The Hall–Kier alpha value is -2.32. The summed E-state index contributed by atoms with van der Waals surface area (Å²) in [7, 11) is 0. The van der Waals surface area contributed by atoms with Gasteiger partial charge in [0.2, 0.25) is 0 Å². The SMILES string of the molecule is CCc1c(OC(=O)OCC(F)(F)F)cccc1[N+](=O)[O-]. The average Bonchev–Trinajstić information content (AvgIpc) is 2.35. The Kier molecular flexibility index (Phi) is 4.89. The van der Waals surface area contributed by atoms with Gasteiger partial charge in [-0.3, -0.25) is 10.1 Å². The summed E-state index contributed by atoms with van der Waals surface area (Å²) in [6.45, 7) is -0.210. The monoisotopic (exact) mass is 293 g/mol. The second kappa shape index (κ2) is 6.22. The van der Waals surface area contributed by atoms with Gasteiger partial charge >= 0.3 is 12.3 Å². The lowest BCUT2D eigenvalue weighted by atomic mass is 10.1. The first-order valence-electron chi connectivity index (χ1n) is 5.42. The number of nitrogens with zero attached hydrogens (tertiary/aromatic N) is 1. The molecule has 9 heteroatoms. The van der Waals surface area contributed by atoms with Crippen molar-refractivity contribution in [3.05, 3.63) is 33.9 Å². The molecular formula is C11H10F3NO5. The van der Waals surface area contributed by atoms with E-state index in [1.165, 1.54) is 18.2 Å². The molecule has 1 rings (SSSR count). The van der Waals surface area contributed by atoms with Gasteiger partial charge in [0, 0.05) is 6.07 Å². The molecule has 0 amide bonds. The first-order chi connectivity index (χ1) is 9.24. The molecule has 0 atom stereocenters. The highest BCUT2D eigenvalue weighted by Gasteiger charge is 2.30. The van der Waals surface area contributed by atoms with Gasteiger partial charge in [-0.1, -0.05) is 13.0 Å². The Bertz CT molecular complexity index is 515. The second-order valence-electron chi connectivity index (χ2n) is 3.62. The zero-order valence-corrected chi connectivity index (χ0v) is 10.3.